The Kier molecular flexibility index (Phi) is 15.4. The number of hydrogen-bond acceptors (Lipinski definition) is 1. The average Bonchev–Trinajstić information content (AvgIpc) is 3.38. The molecule has 0 radical (unpaired) electrons. The Balaban J connectivity index is 0.000000200. The van der Waals surface area contributed by atoms with Gasteiger partial charge in [0.15, 0.2) is 69.8 Å². The van der Waals surface area contributed by atoms with E-state index in [1.807, 2.05) is 30.3 Å². The third-order valence-corrected chi connectivity index (χ3v) is 18.0. The SMILES string of the molecule is Fc1c(F)c(F)c([B-](c2c(F)c(F)c(F)c(F)c2F)(c2c(F)c(F)c(F)c(F)c2F)c2c(F)c(F)c(F)c(F)c2F)c(F)c1F.O=C(C[P+](c1ccccc1)(c1ccccc1)c1cc2ccccc2c2ccccc12)c1ccccc1. The third kappa shape index (κ3) is 8.94. The molecule has 0 aliphatic rings. The van der Waals surface area contributed by atoms with E-state index in [-0.39, 0.29) is 5.78 Å². The van der Waals surface area contributed by atoms with Gasteiger partial charge in [0.2, 0.25) is 5.78 Å². The number of carbonyl (C=O) groups is 1. The van der Waals surface area contributed by atoms with Crippen LogP contribution in [-0.4, -0.2) is 18.1 Å². The van der Waals surface area contributed by atoms with E-state index in [2.05, 4.69) is 115 Å². The lowest BCUT2D eigenvalue weighted by Gasteiger charge is -2.44. The Morgan fingerprint density at radius 2 is 0.556 bits per heavy atom. The van der Waals surface area contributed by atoms with Crippen molar-refractivity contribution >= 4 is 78.5 Å². The molecule has 0 saturated carbocycles. The lowest BCUT2D eigenvalue weighted by atomic mass is 9.12. The molecule has 0 heterocycles. The minimum Gasteiger partial charge on any atom is -0.290 e. The van der Waals surface area contributed by atoms with Crippen molar-refractivity contribution in [1.82, 2.24) is 0 Å². The highest BCUT2D eigenvalue weighted by Gasteiger charge is 2.53. The van der Waals surface area contributed by atoms with Crippen LogP contribution in [0.2, 0.25) is 0 Å². The van der Waals surface area contributed by atoms with Crippen molar-refractivity contribution in [2.24, 2.45) is 0 Å². The maximum absolute atomic E-state index is 15.4. The number of carbonyl (C=O) groups excluding carboxylic acids is 1. The van der Waals surface area contributed by atoms with Crippen molar-refractivity contribution < 1.29 is 92.6 Å². The van der Waals surface area contributed by atoms with Gasteiger partial charge in [-0.05, 0) is 46.5 Å². The number of halogens is 20. The molecular weight excluding hydrogens is 1130 g/mol. The average molecular weight is 1160 g/mol. The fourth-order valence-corrected chi connectivity index (χ4v) is 14.5. The highest BCUT2D eigenvalue weighted by Crippen LogP contribution is 2.57. The van der Waals surface area contributed by atoms with Crippen LogP contribution in [0.25, 0.3) is 21.5 Å². The number of hydrogen-bond donors (Lipinski definition) is 0. The molecule has 0 saturated heterocycles. The van der Waals surface area contributed by atoms with Crippen LogP contribution in [-0.2, 0) is 0 Å². The molecule has 412 valence electrons. The van der Waals surface area contributed by atoms with E-state index in [9.17, 15) is 57.5 Å². The van der Waals surface area contributed by atoms with E-state index in [1.165, 1.54) is 37.5 Å². The summed E-state index contributed by atoms with van der Waals surface area (Å²) < 4.78 is 294. The summed E-state index contributed by atoms with van der Waals surface area (Å²) in [7, 11) is -2.37. The molecule has 81 heavy (non-hydrogen) atoms. The maximum atomic E-state index is 15.4. The quantitative estimate of drug-likeness (QED) is 0.0254. The van der Waals surface area contributed by atoms with Gasteiger partial charge >= 0.3 is 0 Å². The fraction of sp³-hybridized carbons (Fsp3) is 0.0172. The van der Waals surface area contributed by atoms with Crippen LogP contribution >= 0.6 is 7.26 Å². The van der Waals surface area contributed by atoms with Gasteiger partial charge in [-0.2, -0.15) is 0 Å². The van der Waals surface area contributed by atoms with E-state index >= 15 is 35.1 Å². The van der Waals surface area contributed by atoms with Crippen LogP contribution in [0.4, 0.5) is 87.8 Å². The summed E-state index contributed by atoms with van der Waals surface area (Å²) in [5.41, 5.74) is -13.6. The van der Waals surface area contributed by atoms with Gasteiger partial charge in [-0.25, -0.2) is 87.8 Å². The molecule has 0 amide bonds. The zero-order chi connectivity index (χ0) is 58.7. The lowest BCUT2D eigenvalue weighted by Crippen LogP contribution is -2.81. The first-order valence-corrected chi connectivity index (χ1v) is 25.2. The monoisotopic (exact) mass is 1160 g/mol. The summed E-state index contributed by atoms with van der Waals surface area (Å²) in [5.74, 6) is -71.2. The molecule has 0 unspecified atom stereocenters. The van der Waals surface area contributed by atoms with Crippen molar-refractivity contribution in [3.8, 4) is 0 Å². The van der Waals surface area contributed by atoms with E-state index in [0.717, 1.165) is 5.56 Å². The second-order valence-electron chi connectivity index (χ2n) is 17.9. The summed E-state index contributed by atoms with van der Waals surface area (Å²) in [5, 5.41) is 8.60. The molecule has 10 aromatic rings. The molecule has 23 heteroatoms. The standard InChI is InChI=1S/C34H26OP.C24BF20/c35-33(26-14-4-1-5-15-26)25-36(28-17-6-2-7-18-28,29-19-8-3-9-20-29)34-24-27-16-10-11-21-30(27)31-22-12-13-23-32(31)34;26-5-1(6(27)14(35)21(42)13(5)34)25(2-7(28)15(36)22(43)16(37)8(2)29,3-9(30)17(38)23(44)18(39)10(3)31)4-11(32)19(40)24(45)20(41)12(4)33/h1-24H,25H2;/q+1;-1. The summed E-state index contributed by atoms with van der Waals surface area (Å²) in [6.07, 6.45) is -6.78. The first kappa shape index (κ1) is 57.2. The summed E-state index contributed by atoms with van der Waals surface area (Å²) >= 11 is 0. The molecule has 0 aliphatic carbocycles. The topological polar surface area (TPSA) is 17.1 Å². The molecule has 0 N–H and O–H groups in total. The van der Waals surface area contributed by atoms with Gasteiger partial charge in [0, 0.05) is 10.9 Å². The van der Waals surface area contributed by atoms with Gasteiger partial charge in [-0.15, -0.1) is 21.9 Å². The molecule has 0 aromatic heterocycles. The van der Waals surface area contributed by atoms with Crippen molar-refractivity contribution in [3.05, 3.63) is 268 Å². The second kappa shape index (κ2) is 21.9. The molecule has 1 nitrogen and oxygen atoms in total. The van der Waals surface area contributed by atoms with E-state index in [1.54, 1.807) is 0 Å². The molecule has 0 fully saturated rings. The normalized spacial score (nSPS) is 11.8. The molecular formula is C58H26BF20OP. The Morgan fingerprint density at radius 1 is 0.296 bits per heavy atom. The minimum atomic E-state index is -7.22. The van der Waals surface area contributed by atoms with Crippen LogP contribution in [0.5, 0.6) is 0 Å². The zero-order valence-corrected chi connectivity index (χ0v) is 41.0. The molecule has 0 atom stereocenters. The van der Waals surface area contributed by atoms with Gasteiger partial charge in [-0.3, -0.25) is 4.79 Å². The van der Waals surface area contributed by atoms with E-state index in [0.29, 0.717) is 6.16 Å². The van der Waals surface area contributed by atoms with Crippen LogP contribution in [0, 0.1) is 116 Å². The molecule has 10 rings (SSSR count). The number of ketones is 1. The zero-order valence-electron chi connectivity index (χ0n) is 40.1. The van der Waals surface area contributed by atoms with Crippen molar-refractivity contribution in [2.45, 2.75) is 0 Å². The minimum absolute atomic E-state index is 0.175. The van der Waals surface area contributed by atoms with Gasteiger partial charge < -0.3 is 0 Å². The van der Waals surface area contributed by atoms with Crippen LogP contribution < -0.4 is 37.8 Å². The van der Waals surface area contributed by atoms with Crippen LogP contribution in [0.3, 0.4) is 0 Å². The molecule has 0 spiro atoms. The summed E-state index contributed by atoms with van der Waals surface area (Å²) in [6, 6.07) is 50.7. The predicted octanol–water partition coefficient (Wildman–Crippen LogP) is 13.0. The van der Waals surface area contributed by atoms with E-state index < -0.39 is 152 Å². The van der Waals surface area contributed by atoms with E-state index in [4.69, 9.17) is 0 Å². The van der Waals surface area contributed by atoms with Crippen molar-refractivity contribution in [1.29, 1.82) is 0 Å². The van der Waals surface area contributed by atoms with Gasteiger partial charge in [0.1, 0.15) is 82.0 Å². The smallest absolute Gasteiger partial charge is 0.201 e. The van der Waals surface area contributed by atoms with Crippen LogP contribution in [0.1, 0.15) is 10.4 Å². The van der Waals surface area contributed by atoms with Crippen molar-refractivity contribution in [3.63, 3.8) is 0 Å². The highest BCUT2D eigenvalue weighted by molar-refractivity contribution is 7.96. The van der Waals surface area contributed by atoms with Crippen LogP contribution in [0.15, 0.2) is 146 Å². The number of Topliss-reactive ketones (excluding diaryl/α,β-unsaturated/α-hetero) is 1. The third-order valence-electron chi connectivity index (χ3n) is 13.7. The Bertz CT molecular complexity index is 3750. The van der Waals surface area contributed by atoms with Gasteiger partial charge in [0.05, 0.1) is 0 Å². The van der Waals surface area contributed by atoms with Gasteiger partial charge in [-0.1, -0.05) is 115 Å². The fourth-order valence-electron chi connectivity index (χ4n) is 10.2. The number of benzene rings is 10. The molecule has 0 bridgehead atoms. The van der Waals surface area contributed by atoms with Crippen molar-refractivity contribution in [2.75, 3.05) is 6.16 Å². The molecule has 10 aromatic carbocycles. The summed E-state index contributed by atoms with van der Waals surface area (Å²) in [4.78, 5) is 14.0. The largest absolute Gasteiger partial charge is 0.290 e. The Hall–Kier alpha value is -8.52. The summed E-state index contributed by atoms with van der Waals surface area (Å²) in [6.45, 7) is 0. The van der Waals surface area contributed by atoms with Gasteiger partial charge in [0.25, 0.3) is 0 Å². The highest BCUT2D eigenvalue weighted by atomic mass is 31.2. The maximum Gasteiger partial charge on any atom is 0.201 e. The number of rotatable bonds is 10. The Morgan fingerprint density at radius 3 is 0.889 bits per heavy atom. The number of fused-ring (bicyclic) bond motifs is 3. The first-order valence-electron chi connectivity index (χ1n) is 23.2. The Labute approximate surface area is 443 Å². The second-order valence-corrected chi connectivity index (χ2v) is 21.3. The predicted molar refractivity (Wildman–Crippen MR) is 265 cm³/mol. The lowest BCUT2D eigenvalue weighted by molar-refractivity contribution is 0.102. The first-order chi connectivity index (χ1) is 38.5. The molecule has 0 aliphatic heterocycles.